The molecule has 2 aromatic heterocycles. The molecule has 162 valence electrons. The highest BCUT2D eigenvalue weighted by Gasteiger charge is 2.24. The predicted molar refractivity (Wildman–Crippen MR) is 127 cm³/mol. The van der Waals surface area contributed by atoms with Crippen LogP contribution in [0.15, 0.2) is 83.3 Å². The highest BCUT2D eigenvalue weighted by Crippen LogP contribution is 2.28. The maximum atomic E-state index is 13.1. The van der Waals surface area contributed by atoms with Crippen LogP contribution in [-0.2, 0) is 10.0 Å². The van der Waals surface area contributed by atoms with Gasteiger partial charge in [0.1, 0.15) is 0 Å². The molecule has 1 N–H and O–H groups in total. The summed E-state index contributed by atoms with van der Waals surface area (Å²) in [6.07, 6.45) is 3.32. The standard InChI is InChI=1S/C22H17ClN4O3S2/c1-27(16-5-3-2-4-6-16)32(29,30)17-7-8-19(23)18(13-17)21(28)26-22-25-20(14-31-22)15-9-11-24-12-10-15/h2-14H,1H3,(H,25,26,28). The van der Waals surface area contributed by atoms with Gasteiger partial charge in [0, 0.05) is 30.4 Å². The molecule has 0 bridgehead atoms. The van der Waals surface area contributed by atoms with Crippen molar-refractivity contribution in [2.24, 2.45) is 0 Å². The summed E-state index contributed by atoms with van der Waals surface area (Å²) in [7, 11) is -2.44. The van der Waals surface area contributed by atoms with Crippen LogP contribution in [0.4, 0.5) is 10.8 Å². The molecular weight excluding hydrogens is 468 g/mol. The minimum Gasteiger partial charge on any atom is -0.298 e. The first-order chi connectivity index (χ1) is 15.4. The second-order valence-corrected chi connectivity index (χ2v) is 9.91. The molecule has 4 aromatic rings. The van der Waals surface area contributed by atoms with Gasteiger partial charge < -0.3 is 0 Å². The molecule has 1 amide bonds. The van der Waals surface area contributed by atoms with Gasteiger partial charge in [0.2, 0.25) is 0 Å². The SMILES string of the molecule is CN(c1ccccc1)S(=O)(=O)c1ccc(Cl)c(C(=O)Nc2nc(-c3ccncc3)cs2)c1. The van der Waals surface area contributed by atoms with Crippen molar-refractivity contribution in [1.29, 1.82) is 0 Å². The Labute approximate surface area is 194 Å². The number of pyridine rings is 1. The molecule has 2 heterocycles. The second-order valence-electron chi connectivity index (χ2n) is 6.68. The number of benzene rings is 2. The Bertz CT molecular complexity index is 1360. The molecule has 0 radical (unpaired) electrons. The number of nitrogens with one attached hydrogen (secondary N) is 1. The summed E-state index contributed by atoms with van der Waals surface area (Å²) >= 11 is 7.46. The van der Waals surface area contributed by atoms with E-state index in [0.29, 0.717) is 16.5 Å². The van der Waals surface area contributed by atoms with Crippen molar-refractivity contribution in [1.82, 2.24) is 9.97 Å². The Kier molecular flexibility index (Phi) is 6.22. The van der Waals surface area contributed by atoms with E-state index in [1.165, 1.54) is 36.6 Å². The maximum absolute atomic E-state index is 13.1. The first-order valence-corrected chi connectivity index (χ1v) is 12.1. The summed E-state index contributed by atoms with van der Waals surface area (Å²) in [5, 5.41) is 5.00. The van der Waals surface area contributed by atoms with Crippen LogP contribution in [0.5, 0.6) is 0 Å². The first kappa shape index (κ1) is 21.9. The molecule has 0 aliphatic rings. The van der Waals surface area contributed by atoms with Crippen LogP contribution >= 0.6 is 22.9 Å². The summed E-state index contributed by atoms with van der Waals surface area (Å²) in [5.41, 5.74) is 2.10. The van der Waals surface area contributed by atoms with Gasteiger partial charge in [-0.15, -0.1) is 11.3 Å². The number of para-hydroxylation sites is 1. The van der Waals surface area contributed by atoms with Crippen molar-refractivity contribution >= 4 is 49.7 Å². The van der Waals surface area contributed by atoms with E-state index in [0.717, 1.165) is 9.87 Å². The molecule has 0 aliphatic carbocycles. The predicted octanol–water partition coefficient (Wildman–Crippen LogP) is 4.94. The second kappa shape index (κ2) is 9.07. The van der Waals surface area contributed by atoms with Gasteiger partial charge in [-0.25, -0.2) is 13.4 Å². The van der Waals surface area contributed by atoms with Gasteiger partial charge in [-0.05, 0) is 42.5 Å². The zero-order valence-electron chi connectivity index (χ0n) is 16.8. The summed E-state index contributed by atoms with van der Waals surface area (Å²) in [6.45, 7) is 0. The normalized spacial score (nSPS) is 11.2. The maximum Gasteiger partial charge on any atom is 0.264 e. The van der Waals surface area contributed by atoms with Crippen LogP contribution in [0.25, 0.3) is 11.3 Å². The molecule has 4 rings (SSSR count). The number of rotatable bonds is 6. The highest BCUT2D eigenvalue weighted by molar-refractivity contribution is 7.92. The van der Waals surface area contributed by atoms with Gasteiger partial charge in [0.05, 0.1) is 26.9 Å². The van der Waals surface area contributed by atoms with Gasteiger partial charge in [-0.1, -0.05) is 29.8 Å². The summed E-state index contributed by atoms with van der Waals surface area (Å²) < 4.78 is 27.3. The highest BCUT2D eigenvalue weighted by atomic mass is 35.5. The molecule has 0 saturated carbocycles. The van der Waals surface area contributed by atoms with Crippen LogP contribution in [0.3, 0.4) is 0 Å². The number of carbonyl (C=O) groups excluding carboxylic acids is 1. The Balaban J connectivity index is 1.59. The summed E-state index contributed by atoms with van der Waals surface area (Å²) in [5.74, 6) is -0.551. The third kappa shape index (κ3) is 4.50. The minimum atomic E-state index is -3.89. The third-order valence-electron chi connectivity index (χ3n) is 4.66. The molecule has 7 nitrogen and oxygen atoms in total. The Morgan fingerprint density at radius 1 is 1.06 bits per heavy atom. The number of sulfonamides is 1. The van der Waals surface area contributed by atoms with Crippen LogP contribution in [0.1, 0.15) is 10.4 Å². The number of carbonyl (C=O) groups is 1. The van der Waals surface area contributed by atoms with Crippen molar-refractivity contribution in [2.75, 3.05) is 16.7 Å². The third-order valence-corrected chi connectivity index (χ3v) is 7.53. The van der Waals surface area contributed by atoms with Gasteiger partial charge >= 0.3 is 0 Å². The Morgan fingerprint density at radius 2 is 1.78 bits per heavy atom. The van der Waals surface area contributed by atoms with Gasteiger partial charge in [-0.3, -0.25) is 19.4 Å². The fourth-order valence-corrected chi connectivity index (χ4v) is 5.06. The molecule has 32 heavy (non-hydrogen) atoms. The number of halogens is 1. The number of anilines is 2. The van der Waals surface area contributed by atoms with Crippen LogP contribution in [0.2, 0.25) is 5.02 Å². The van der Waals surface area contributed by atoms with Crippen LogP contribution in [0, 0.1) is 0 Å². The number of thiazole rings is 1. The average molecular weight is 485 g/mol. The lowest BCUT2D eigenvalue weighted by molar-refractivity contribution is 0.102. The van der Waals surface area contributed by atoms with Gasteiger partial charge in [0.15, 0.2) is 5.13 Å². The van der Waals surface area contributed by atoms with Crippen molar-refractivity contribution in [3.8, 4) is 11.3 Å². The van der Waals surface area contributed by atoms with E-state index in [4.69, 9.17) is 11.6 Å². The lowest BCUT2D eigenvalue weighted by atomic mass is 10.2. The van der Waals surface area contributed by atoms with E-state index in [9.17, 15) is 13.2 Å². The van der Waals surface area contributed by atoms with Crippen molar-refractivity contribution in [3.05, 3.63) is 89.0 Å². The monoisotopic (exact) mass is 484 g/mol. The van der Waals surface area contributed by atoms with E-state index in [1.54, 1.807) is 42.7 Å². The molecule has 0 unspecified atom stereocenters. The number of hydrogen-bond acceptors (Lipinski definition) is 6. The molecule has 0 saturated heterocycles. The molecular formula is C22H17ClN4O3S2. The lowest BCUT2D eigenvalue weighted by Crippen LogP contribution is -2.27. The largest absolute Gasteiger partial charge is 0.298 e. The fourth-order valence-electron chi connectivity index (χ4n) is 2.92. The van der Waals surface area contributed by atoms with Gasteiger partial charge in [-0.2, -0.15) is 0 Å². The van der Waals surface area contributed by atoms with Crippen LogP contribution < -0.4 is 9.62 Å². The fraction of sp³-hybridized carbons (Fsp3) is 0.0455. The molecule has 0 aliphatic heterocycles. The van der Waals surface area contributed by atoms with Crippen molar-refractivity contribution in [2.45, 2.75) is 4.90 Å². The summed E-state index contributed by atoms with van der Waals surface area (Å²) in [4.78, 5) is 21.2. The zero-order valence-corrected chi connectivity index (χ0v) is 19.2. The van der Waals surface area contributed by atoms with E-state index in [-0.39, 0.29) is 15.5 Å². The number of amides is 1. The lowest BCUT2D eigenvalue weighted by Gasteiger charge is -2.20. The Hall–Kier alpha value is -3.27. The number of aromatic nitrogens is 2. The van der Waals surface area contributed by atoms with Crippen LogP contribution in [-0.4, -0.2) is 31.3 Å². The van der Waals surface area contributed by atoms with E-state index < -0.39 is 15.9 Å². The van der Waals surface area contributed by atoms with E-state index in [2.05, 4.69) is 15.3 Å². The molecule has 0 spiro atoms. The minimum absolute atomic E-state index is 0.0369. The van der Waals surface area contributed by atoms with Crippen molar-refractivity contribution in [3.63, 3.8) is 0 Å². The smallest absolute Gasteiger partial charge is 0.264 e. The van der Waals surface area contributed by atoms with Gasteiger partial charge in [0.25, 0.3) is 15.9 Å². The first-order valence-electron chi connectivity index (χ1n) is 9.37. The molecule has 0 atom stereocenters. The molecule has 0 fully saturated rings. The Morgan fingerprint density at radius 3 is 2.50 bits per heavy atom. The zero-order chi connectivity index (χ0) is 22.7. The topological polar surface area (TPSA) is 92.3 Å². The van der Waals surface area contributed by atoms with E-state index >= 15 is 0 Å². The van der Waals surface area contributed by atoms with E-state index in [1.807, 2.05) is 17.5 Å². The number of nitrogens with zero attached hydrogens (tertiary/aromatic N) is 3. The summed E-state index contributed by atoms with van der Waals surface area (Å²) in [6, 6.07) is 16.3. The number of hydrogen-bond donors (Lipinski definition) is 1. The van der Waals surface area contributed by atoms with Crippen molar-refractivity contribution < 1.29 is 13.2 Å². The average Bonchev–Trinajstić information content (AvgIpc) is 3.28. The molecule has 10 heteroatoms. The quantitative estimate of drug-likeness (QED) is 0.418. The molecule has 2 aromatic carbocycles.